The number of carbonyl (C=O) groups is 1. The standard InChI is InChI=1S/C10H13N5O/c1-2-4-14-9-7(12-6-13-9)8-11-3-5-15(8)10(14)16/h3,5-7,9H,2,4H2,1H3,(H,12,13). The number of fused-ring (bicyclic) bond motifs is 3. The van der Waals surface area contributed by atoms with Crippen molar-refractivity contribution in [3.63, 3.8) is 0 Å². The van der Waals surface area contributed by atoms with E-state index in [0.29, 0.717) is 0 Å². The molecule has 0 aliphatic carbocycles. The second kappa shape index (κ2) is 3.33. The van der Waals surface area contributed by atoms with E-state index >= 15 is 0 Å². The number of aromatic nitrogens is 2. The first-order valence-corrected chi connectivity index (χ1v) is 5.45. The lowest BCUT2D eigenvalue weighted by atomic mass is 10.1. The van der Waals surface area contributed by atoms with Crippen LogP contribution in [0.4, 0.5) is 4.79 Å². The van der Waals surface area contributed by atoms with Gasteiger partial charge in [0.15, 0.2) is 6.17 Å². The lowest BCUT2D eigenvalue weighted by Gasteiger charge is -2.35. The summed E-state index contributed by atoms with van der Waals surface area (Å²) in [5.74, 6) is 0.750. The molecule has 0 spiro atoms. The first kappa shape index (κ1) is 9.38. The summed E-state index contributed by atoms with van der Waals surface area (Å²) in [5, 5.41) is 3.14. The number of imidazole rings is 1. The summed E-state index contributed by atoms with van der Waals surface area (Å²) in [5.41, 5.74) is 0. The van der Waals surface area contributed by atoms with E-state index in [1.807, 2.05) is 0 Å². The van der Waals surface area contributed by atoms with Crippen LogP contribution in [-0.2, 0) is 0 Å². The van der Waals surface area contributed by atoms with Gasteiger partial charge in [0.1, 0.15) is 11.9 Å². The average molecular weight is 219 g/mol. The van der Waals surface area contributed by atoms with E-state index in [9.17, 15) is 4.79 Å². The summed E-state index contributed by atoms with van der Waals surface area (Å²) < 4.78 is 1.60. The van der Waals surface area contributed by atoms with Crippen LogP contribution in [0.15, 0.2) is 17.4 Å². The topological polar surface area (TPSA) is 62.5 Å². The molecule has 2 aliphatic heterocycles. The maximum atomic E-state index is 12.2. The van der Waals surface area contributed by atoms with Gasteiger partial charge in [-0.15, -0.1) is 0 Å². The Morgan fingerprint density at radius 3 is 3.25 bits per heavy atom. The molecular weight excluding hydrogens is 206 g/mol. The first-order valence-electron chi connectivity index (χ1n) is 5.45. The van der Waals surface area contributed by atoms with E-state index in [0.717, 1.165) is 18.8 Å². The van der Waals surface area contributed by atoms with Gasteiger partial charge in [0.05, 0.1) is 6.34 Å². The summed E-state index contributed by atoms with van der Waals surface area (Å²) in [6.45, 7) is 2.77. The van der Waals surface area contributed by atoms with Crippen molar-refractivity contribution < 1.29 is 4.79 Å². The zero-order valence-electron chi connectivity index (χ0n) is 9.00. The summed E-state index contributed by atoms with van der Waals surface area (Å²) in [6.07, 6.45) is 5.81. The van der Waals surface area contributed by atoms with E-state index in [2.05, 4.69) is 22.2 Å². The fraction of sp³-hybridized carbons (Fsp3) is 0.500. The third-order valence-electron chi connectivity index (χ3n) is 2.96. The molecule has 84 valence electrons. The quantitative estimate of drug-likeness (QED) is 0.791. The maximum Gasteiger partial charge on any atom is 0.331 e. The van der Waals surface area contributed by atoms with Gasteiger partial charge in [-0.25, -0.2) is 14.8 Å². The van der Waals surface area contributed by atoms with Crippen LogP contribution in [0.5, 0.6) is 0 Å². The maximum absolute atomic E-state index is 12.2. The van der Waals surface area contributed by atoms with Gasteiger partial charge in [0.2, 0.25) is 0 Å². The van der Waals surface area contributed by atoms with Gasteiger partial charge in [0.25, 0.3) is 0 Å². The largest absolute Gasteiger partial charge is 0.363 e. The minimum Gasteiger partial charge on any atom is -0.363 e. The summed E-state index contributed by atoms with van der Waals surface area (Å²) in [6, 6.07) is -0.0318. The van der Waals surface area contributed by atoms with Crippen LogP contribution in [0.2, 0.25) is 0 Å². The normalized spacial score (nSPS) is 26.6. The Labute approximate surface area is 93.0 Å². The minimum absolute atomic E-state index is 0.000694. The van der Waals surface area contributed by atoms with Gasteiger partial charge in [-0.05, 0) is 6.42 Å². The highest BCUT2D eigenvalue weighted by Gasteiger charge is 2.41. The minimum atomic E-state index is -0.137. The Balaban J connectivity index is 2.05. The Bertz CT molecular complexity index is 452. The molecule has 0 saturated carbocycles. The number of amides is 1. The number of rotatable bonds is 2. The summed E-state index contributed by atoms with van der Waals surface area (Å²) >= 11 is 0. The zero-order valence-corrected chi connectivity index (χ0v) is 9.00. The summed E-state index contributed by atoms with van der Waals surface area (Å²) in [7, 11) is 0. The first-order chi connectivity index (χ1) is 7.83. The highest BCUT2D eigenvalue weighted by molar-refractivity contribution is 5.80. The van der Waals surface area contributed by atoms with Gasteiger partial charge >= 0.3 is 6.03 Å². The number of aliphatic imine (C=N–C) groups is 1. The summed E-state index contributed by atoms with van der Waals surface area (Å²) in [4.78, 5) is 22.5. The van der Waals surface area contributed by atoms with Crippen LogP contribution in [0.1, 0.15) is 25.2 Å². The second-order valence-corrected chi connectivity index (χ2v) is 3.97. The van der Waals surface area contributed by atoms with Crippen LogP contribution in [0, 0.1) is 0 Å². The molecule has 0 aromatic carbocycles. The van der Waals surface area contributed by atoms with Gasteiger partial charge in [-0.1, -0.05) is 6.92 Å². The molecule has 0 bridgehead atoms. The van der Waals surface area contributed by atoms with Crippen molar-refractivity contribution in [3.8, 4) is 0 Å². The molecule has 1 amide bonds. The predicted molar refractivity (Wildman–Crippen MR) is 58.2 cm³/mol. The molecule has 2 aliphatic rings. The Hall–Kier alpha value is -1.85. The Morgan fingerprint density at radius 2 is 2.44 bits per heavy atom. The van der Waals surface area contributed by atoms with E-state index in [4.69, 9.17) is 0 Å². The van der Waals surface area contributed by atoms with Crippen molar-refractivity contribution in [2.45, 2.75) is 25.6 Å². The van der Waals surface area contributed by atoms with Crippen LogP contribution >= 0.6 is 0 Å². The molecular formula is C10H13N5O. The fourth-order valence-electron chi connectivity index (χ4n) is 2.27. The number of nitrogens with zero attached hydrogens (tertiary/aromatic N) is 4. The third kappa shape index (κ3) is 1.09. The third-order valence-corrected chi connectivity index (χ3v) is 2.96. The molecule has 3 rings (SSSR count). The van der Waals surface area contributed by atoms with Crippen LogP contribution in [-0.4, -0.2) is 39.5 Å². The van der Waals surface area contributed by atoms with Gasteiger partial charge in [0, 0.05) is 18.9 Å². The number of hydrogen-bond acceptors (Lipinski definition) is 4. The molecule has 6 nitrogen and oxygen atoms in total. The highest BCUT2D eigenvalue weighted by Crippen LogP contribution is 2.29. The monoisotopic (exact) mass is 219 g/mol. The predicted octanol–water partition coefficient (Wildman–Crippen LogP) is 0.575. The Kier molecular flexibility index (Phi) is 1.95. The molecule has 3 heterocycles. The fourth-order valence-corrected chi connectivity index (χ4v) is 2.27. The lowest BCUT2D eigenvalue weighted by molar-refractivity contribution is 0.152. The number of carbonyl (C=O) groups excluding carboxylic acids is 1. The zero-order chi connectivity index (χ0) is 11.1. The SMILES string of the molecule is CCCN1C(=O)n2ccnc2C2NC=NC21. The Morgan fingerprint density at radius 1 is 1.56 bits per heavy atom. The van der Waals surface area contributed by atoms with Crippen molar-refractivity contribution in [1.82, 2.24) is 19.8 Å². The number of nitrogens with one attached hydrogen (secondary N) is 1. The van der Waals surface area contributed by atoms with Crippen molar-refractivity contribution in [2.24, 2.45) is 4.99 Å². The number of hydrogen-bond donors (Lipinski definition) is 1. The van der Waals surface area contributed by atoms with Gasteiger partial charge in [-0.2, -0.15) is 0 Å². The second-order valence-electron chi connectivity index (χ2n) is 3.97. The van der Waals surface area contributed by atoms with Gasteiger partial charge in [-0.3, -0.25) is 9.47 Å². The molecule has 1 aromatic heterocycles. The van der Waals surface area contributed by atoms with E-state index < -0.39 is 0 Å². The molecule has 1 aromatic rings. The van der Waals surface area contributed by atoms with Crippen LogP contribution < -0.4 is 5.32 Å². The van der Waals surface area contributed by atoms with Crippen molar-refractivity contribution in [1.29, 1.82) is 0 Å². The smallest absolute Gasteiger partial charge is 0.331 e. The van der Waals surface area contributed by atoms with E-state index in [-0.39, 0.29) is 18.2 Å². The molecule has 0 saturated heterocycles. The average Bonchev–Trinajstić information content (AvgIpc) is 2.90. The van der Waals surface area contributed by atoms with Crippen molar-refractivity contribution in [3.05, 3.63) is 18.2 Å². The highest BCUT2D eigenvalue weighted by atomic mass is 16.2. The molecule has 16 heavy (non-hydrogen) atoms. The van der Waals surface area contributed by atoms with Crippen LogP contribution in [0.3, 0.4) is 0 Å². The molecule has 6 heteroatoms. The van der Waals surface area contributed by atoms with Crippen LogP contribution in [0.25, 0.3) is 0 Å². The molecule has 2 unspecified atom stereocenters. The molecule has 1 N–H and O–H groups in total. The molecule has 2 atom stereocenters. The van der Waals surface area contributed by atoms with Crippen molar-refractivity contribution in [2.75, 3.05) is 6.54 Å². The van der Waals surface area contributed by atoms with E-state index in [1.54, 1.807) is 28.2 Å². The molecule has 0 fully saturated rings. The van der Waals surface area contributed by atoms with E-state index in [1.165, 1.54) is 0 Å². The molecule has 0 radical (unpaired) electrons. The lowest BCUT2D eigenvalue weighted by Crippen LogP contribution is -2.51. The van der Waals surface area contributed by atoms with Gasteiger partial charge < -0.3 is 5.32 Å². The van der Waals surface area contributed by atoms with Crippen molar-refractivity contribution >= 4 is 12.4 Å².